The molecule has 2 unspecified atom stereocenters. The number of nitriles is 1. The zero-order valence-electron chi connectivity index (χ0n) is 6.12. The van der Waals surface area contributed by atoms with Crippen molar-refractivity contribution >= 4 is 0 Å². The summed E-state index contributed by atoms with van der Waals surface area (Å²) in [6, 6.07) is 0. The third-order valence-corrected chi connectivity index (χ3v) is 2.00. The molecule has 1 heterocycles. The normalized spacial score (nSPS) is 33.5. The van der Waals surface area contributed by atoms with Crippen LogP contribution < -0.4 is 0 Å². The van der Waals surface area contributed by atoms with Crippen LogP contribution in [0.5, 0.6) is 0 Å². The lowest BCUT2D eigenvalue weighted by Crippen LogP contribution is -2.39. The molecule has 1 N–H and O–H groups in total. The summed E-state index contributed by atoms with van der Waals surface area (Å²) in [5, 5.41) is 17.7. The first-order valence-electron chi connectivity index (χ1n) is 3.57. The van der Waals surface area contributed by atoms with Gasteiger partial charge in [0.15, 0.2) is 6.19 Å². The van der Waals surface area contributed by atoms with Gasteiger partial charge in [-0.05, 0) is 6.42 Å². The van der Waals surface area contributed by atoms with E-state index in [0.29, 0.717) is 13.1 Å². The van der Waals surface area contributed by atoms with E-state index in [1.54, 1.807) is 4.90 Å². The van der Waals surface area contributed by atoms with Crippen LogP contribution in [-0.4, -0.2) is 29.2 Å². The standard InChI is InChI=1S/C7H12N2O/c1-6-4-9(5-8)3-2-7(6)10/h6-7,10H,2-4H2,1H3. The fraction of sp³-hybridized carbons (Fsp3) is 0.857. The Hall–Kier alpha value is -0.750. The first-order valence-corrected chi connectivity index (χ1v) is 3.57. The van der Waals surface area contributed by atoms with Crippen molar-refractivity contribution in [2.24, 2.45) is 5.92 Å². The van der Waals surface area contributed by atoms with Gasteiger partial charge in [0.25, 0.3) is 0 Å². The van der Waals surface area contributed by atoms with Gasteiger partial charge < -0.3 is 10.0 Å². The van der Waals surface area contributed by atoms with E-state index in [-0.39, 0.29) is 12.0 Å². The molecule has 3 nitrogen and oxygen atoms in total. The van der Waals surface area contributed by atoms with Gasteiger partial charge in [-0.25, -0.2) is 0 Å². The van der Waals surface area contributed by atoms with Gasteiger partial charge in [0.1, 0.15) is 0 Å². The molecule has 1 fully saturated rings. The highest BCUT2D eigenvalue weighted by Gasteiger charge is 2.22. The first kappa shape index (κ1) is 7.36. The molecule has 0 spiro atoms. The maximum atomic E-state index is 9.25. The number of rotatable bonds is 0. The molecule has 2 atom stereocenters. The van der Waals surface area contributed by atoms with Gasteiger partial charge in [0.2, 0.25) is 0 Å². The number of aliphatic hydroxyl groups is 1. The minimum atomic E-state index is -0.204. The molecule has 3 heteroatoms. The van der Waals surface area contributed by atoms with Gasteiger partial charge in [-0.1, -0.05) is 6.92 Å². The Kier molecular flexibility index (Phi) is 2.13. The van der Waals surface area contributed by atoms with E-state index in [0.717, 1.165) is 6.42 Å². The van der Waals surface area contributed by atoms with Crippen LogP contribution in [0.25, 0.3) is 0 Å². The fourth-order valence-corrected chi connectivity index (χ4v) is 1.22. The average Bonchev–Trinajstić information content (AvgIpc) is 1.95. The van der Waals surface area contributed by atoms with Gasteiger partial charge in [0, 0.05) is 19.0 Å². The predicted octanol–water partition coefficient (Wildman–Crippen LogP) is 0.170. The zero-order chi connectivity index (χ0) is 7.56. The third kappa shape index (κ3) is 1.39. The number of nitrogens with zero attached hydrogens (tertiary/aromatic N) is 2. The maximum absolute atomic E-state index is 9.25. The van der Waals surface area contributed by atoms with Crippen LogP contribution in [0.2, 0.25) is 0 Å². The Bertz CT molecular complexity index is 152. The highest BCUT2D eigenvalue weighted by Crippen LogP contribution is 2.14. The summed E-state index contributed by atoms with van der Waals surface area (Å²) in [6.07, 6.45) is 2.60. The van der Waals surface area contributed by atoms with Gasteiger partial charge in [-0.3, -0.25) is 0 Å². The molecule has 0 aromatic heterocycles. The Balaban J connectivity index is 2.42. The Morgan fingerprint density at radius 3 is 2.90 bits per heavy atom. The summed E-state index contributed by atoms with van der Waals surface area (Å²) in [6.45, 7) is 3.38. The van der Waals surface area contributed by atoms with E-state index in [2.05, 4.69) is 6.19 Å². The highest BCUT2D eigenvalue weighted by molar-refractivity contribution is 4.83. The molecule has 0 aromatic rings. The van der Waals surface area contributed by atoms with Crippen LogP contribution in [0, 0.1) is 17.4 Å². The molecule has 1 aliphatic heterocycles. The summed E-state index contributed by atoms with van der Waals surface area (Å²) in [5.41, 5.74) is 0. The largest absolute Gasteiger partial charge is 0.393 e. The van der Waals surface area contributed by atoms with Crippen LogP contribution in [0.1, 0.15) is 13.3 Å². The molecular weight excluding hydrogens is 128 g/mol. The molecule has 1 aliphatic rings. The molecule has 1 saturated heterocycles. The Morgan fingerprint density at radius 2 is 2.40 bits per heavy atom. The van der Waals surface area contributed by atoms with E-state index in [9.17, 15) is 5.11 Å². The lowest BCUT2D eigenvalue weighted by atomic mass is 9.97. The average molecular weight is 140 g/mol. The minimum absolute atomic E-state index is 0.204. The number of aliphatic hydroxyl groups excluding tert-OH is 1. The van der Waals surface area contributed by atoms with E-state index in [1.165, 1.54) is 0 Å². The number of hydrogen-bond acceptors (Lipinski definition) is 3. The van der Waals surface area contributed by atoms with Crippen molar-refractivity contribution < 1.29 is 5.11 Å². The van der Waals surface area contributed by atoms with Gasteiger partial charge in [-0.2, -0.15) is 5.26 Å². The Labute approximate surface area is 60.9 Å². The smallest absolute Gasteiger partial charge is 0.179 e. The molecule has 1 rings (SSSR count). The minimum Gasteiger partial charge on any atom is -0.393 e. The van der Waals surface area contributed by atoms with Crippen molar-refractivity contribution in [1.82, 2.24) is 4.90 Å². The predicted molar refractivity (Wildman–Crippen MR) is 37.0 cm³/mol. The number of piperidine rings is 1. The molecule has 0 radical (unpaired) electrons. The second-order valence-electron chi connectivity index (χ2n) is 2.88. The van der Waals surface area contributed by atoms with Crippen molar-refractivity contribution in [3.63, 3.8) is 0 Å². The lowest BCUT2D eigenvalue weighted by molar-refractivity contribution is 0.0550. The first-order chi connectivity index (χ1) is 4.74. The molecule has 0 saturated carbocycles. The van der Waals surface area contributed by atoms with E-state index >= 15 is 0 Å². The monoisotopic (exact) mass is 140 g/mol. The summed E-state index contributed by atoms with van der Waals surface area (Å²) in [5.74, 6) is 0.244. The van der Waals surface area contributed by atoms with Gasteiger partial charge in [-0.15, -0.1) is 0 Å². The molecule has 56 valence electrons. The number of likely N-dealkylation sites (tertiary alicyclic amines) is 1. The molecule has 0 amide bonds. The van der Waals surface area contributed by atoms with Crippen LogP contribution in [0.15, 0.2) is 0 Å². The van der Waals surface area contributed by atoms with Crippen LogP contribution in [-0.2, 0) is 0 Å². The third-order valence-electron chi connectivity index (χ3n) is 2.00. The van der Waals surface area contributed by atoms with Crippen LogP contribution in [0.4, 0.5) is 0 Å². The van der Waals surface area contributed by atoms with Crippen molar-refractivity contribution in [3.05, 3.63) is 0 Å². The summed E-state index contributed by atoms with van der Waals surface area (Å²) in [7, 11) is 0. The van der Waals surface area contributed by atoms with E-state index < -0.39 is 0 Å². The lowest BCUT2D eigenvalue weighted by Gasteiger charge is -2.30. The second-order valence-corrected chi connectivity index (χ2v) is 2.88. The molecule has 10 heavy (non-hydrogen) atoms. The second kappa shape index (κ2) is 2.89. The fourth-order valence-electron chi connectivity index (χ4n) is 1.22. The summed E-state index contributed by atoms with van der Waals surface area (Å²) in [4.78, 5) is 1.69. The topological polar surface area (TPSA) is 47.3 Å². The van der Waals surface area contributed by atoms with Crippen LogP contribution in [0.3, 0.4) is 0 Å². The van der Waals surface area contributed by atoms with Crippen LogP contribution >= 0.6 is 0 Å². The zero-order valence-corrected chi connectivity index (χ0v) is 6.12. The van der Waals surface area contributed by atoms with E-state index in [4.69, 9.17) is 5.26 Å². The molecule has 0 aromatic carbocycles. The maximum Gasteiger partial charge on any atom is 0.179 e. The Morgan fingerprint density at radius 1 is 1.70 bits per heavy atom. The van der Waals surface area contributed by atoms with Gasteiger partial charge in [0.05, 0.1) is 6.10 Å². The SMILES string of the molecule is CC1CN(C#N)CCC1O. The highest BCUT2D eigenvalue weighted by atomic mass is 16.3. The van der Waals surface area contributed by atoms with Crippen molar-refractivity contribution in [2.45, 2.75) is 19.4 Å². The van der Waals surface area contributed by atoms with Gasteiger partial charge >= 0.3 is 0 Å². The van der Waals surface area contributed by atoms with E-state index in [1.807, 2.05) is 6.92 Å². The molecular formula is C7H12N2O. The summed E-state index contributed by atoms with van der Waals surface area (Å²) >= 11 is 0. The van der Waals surface area contributed by atoms with Crippen molar-refractivity contribution in [1.29, 1.82) is 5.26 Å². The number of hydrogen-bond donors (Lipinski definition) is 1. The molecule has 0 bridgehead atoms. The molecule has 0 aliphatic carbocycles. The quantitative estimate of drug-likeness (QED) is 0.488. The van der Waals surface area contributed by atoms with Crippen molar-refractivity contribution in [2.75, 3.05) is 13.1 Å². The summed E-state index contributed by atoms with van der Waals surface area (Å²) < 4.78 is 0. The van der Waals surface area contributed by atoms with Crippen molar-refractivity contribution in [3.8, 4) is 6.19 Å².